The van der Waals surface area contributed by atoms with Gasteiger partial charge in [-0.15, -0.1) is 0 Å². The molecule has 0 spiro atoms. The van der Waals surface area contributed by atoms with Gasteiger partial charge in [0.2, 0.25) is 0 Å². The quantitative estimate of drug-likeness (QED) is 0.541. The molecule has 1 aliphatic rings. The molecule has 0 amide bonds. The van der Waals surface area contributed by atoms with Crippen molar-refractivity contribution in [3.8, 4) is 0 Å². The van der Waals surface area contributed by atoms with Crippen molar-refractivity contribution in [2.75, 3.05) is 39.3 Å². The Balaban J connectivity index is 2.03. The first-order chi connectivity index (χ1) is 8.33. The van der Waals surface area contributed by atoms with Crippen LogP contribution >= 0.6 is 0 Å². The predicted molar refractivity (Wildman–Crippen MR) is 69.0 cm³/mol. The van der Waals surface area contributed by atoms with Gasteiger partial charge in [0.05, 0.1) is 13.2 Å². The van der Waals surface area contributed by atoms with Gasteiger partial charge in [-0.1, -0.05) is 26.2 Å². The van der Waals surface area contributed by atoms with Crippen LogP contribution in [0, 0.1) is 0 Å². The van der Waals surface area contributed by atoms with Crippen molar-refractivity contribution < 1.29 is 9.53 Å². The summed E-state index contributed by atoms with van der Waals surface area (Å²) in [5.41, 5.74) is 0. The minimum atomic E-state index is -0.0663. The Morgan fingerprint density at radius 3 is 2.94 bits per heavy atom. The molecule has 0 aliphatic carbocycles. The maximum Gasteiger partial charge on any atom is 0.320 e. The Hall–Kier alpha value is -0.610. The van der Waals surface area contributed by atoms with E-state index in [2.05, 4.69) is 17.1 Å². The molecule has 1 saturated heterocycles. The average molecular weight is 242 g/mol. The fourth-order valence-corrected chi connectivity index (χ4v) is 2.00. The SMILES string of the molecule is CCCCCCOC(=O)CN1CCCNCC1. The van der Waals surface area contributed by atoms with Crippen LogP contribution in [0.4, 0.5) is 0 Å². The molecule has 0 saturated carbocycles. The van der Waals surface area contributed by atoms with Crippen molar-refractivity contribution in [1.82, 2.24) is 10.2 Å². The lowest BCUT2D eigenvalue weighted by Gasteiger charge is -2.18. The van der Waals surface area contributed by atoms with Crippen LogP contribution in [0.3, 0.4) is 0 Å². The number of nitrogens with one attached hydrogen (secondary N) is 1. The third-order valence-electron chi connectivity index (χ3n) is 3.05. The van der Waals surface area contributed by atoms with E-state index >= 15 is 0 Å². The first kappa shape index (κ1) is 14.5. The lowest BCUT2D eigenvalue weighted by atomic mass is 10.2. The molecule has 0 aromatic carbocycles. The summed E-state index contributed by atoms with van der Waals surface area (Å²) in [5.74, 6) is -0.0663. The number of carbonyl (C=O) groups excluding carboxylic acids is 1. The highest BCUT2D eigenvalue weighted by Crippen LogP contribution is 2.00. The Kier molecular flexibility index (Phi) is 8.01. The third-order valence-corrected chi connectivity index (χ3v) is 3.05. The Labute approximate surface area is 105 Å². The number of carbonyl (C=O) groups is 1. The molecule has 1 heterocycles. The molecule has 0 radical (unpaired) electrons. The van der Waals surface area contributed by atoms with Gasteiger partial charge in [-0.2, -0.15) is 0 Å². The molecule has 0 aromatic heterocycles. The van der Waals surface area contributed by atoms with Crippen LogP contribution in [0.2, 0.25) is 0 Å². The van der Waals surface area contributed by atoms with Crippen molar-refractivity contribution >= 4 is 5.97 Å². The van der Waals surface area contributed by atoms with Gasteiger partial charge in [0.15, 0.2) is 0 Å². The number of unbranched alkanes of at least 4 members (excludes halogenated alkanes) is 3. The minimum absolute atomic E-state index is 0.0663. The van der Waals surface area contributed by atoms with E-state index in [1.54, 1.807) is 0 Å². The van der Waals surface area contributed by atoms with Crippen LogP contribution in [-0.2, 0) is 9.53 Å². The highest BCUT2D eigenvalue weighted by Gasteiger charge is 2.13. The van der Waals surface area contributed by atoms with Crippen molar-refractivity contribution in [3.63, 3.8) is 0 Å². The van der Waals surface area contributed by atoms with E-state index in [1.807, 2.05) is 0 Å². The van der Waals surface area contributed by atoms with Crippen LogP contribution in [-0.4, -0.2) is 50.2 Å². The van der Waals surface area contributed by atoms with Gasteiger partial charge in [-0.3, -0.25) is 9.69 Å². The summed E-state index contributed by atoms with van der Waals surface area (Å²) in [5, 5.41) is 3.32. The average Bonchev–Trinajstić information content (AvgIpc) is 2.57. The molecule has 4 nitrogen and oxygen atoms in total. The van der Waals surface area contributed by atoms with Crippen LogP contribution in [0.1, 0.15) is 39.0 Å². The van der Waals surface area contributed by atoms with E-state index in [0.717, 1.165) is 45.4 Å². The van der Waals surface area contributed by atoms with Gasteiger partial charge >= 0.3 is 5.97 Å². The van der Waals surface area contributed by atoms with E-state index < -0.39 is 0 Å². The number of hydrogen-bond acceptors (Lipinski definition) is 4. The van der Waals surface area contributed by atoms with Gasteiger partial charge in [0, 0.05) is 13.1 Å². The normalized spacial score (nSPS) is 17.7. The number of nitrogens with zero attached hydrogens (tertiary/aromatic N) is 1. The smallest absolute Gasteiger partial charge is 0.320 e. The van der Waals surface area contributed by atoms with Crippen LogP contribution < -0.4 is 5.32 Å². The third kappa shape index (κ3) is 7.34. The zero-order chi connectivity index (χ0) is 12.3. The maximum atomic E-state index is 11.6. The van der Waals surface area contributed by atoms with E-state index in [9.17, 15) is 4.79 Å². The van der Waals surface area contributed by atoms with Crippen molar-refractivity contribution in [2.24, 2.45) is 0 Å². The first-order valence-corrected chi connectivity index (χ1v) is 6.91. The molecule has 0 atom stereocenters. The summed E-state index contributed by atoms with van der Waals surface area (Å²) in [6.45, 7) is 7.20. The highest BCUT2D eigenvalue weighted by atomic mass is 16.5. The lowest BCUT2D eigenvalue weighted by Crippen LogP contribution is -2.34. The molecule has 17 heavy (non-hydrogen) atoms. The summed E-state index contributed by atoms with van der Waals surface area (Å²) in [7, 11) is 0. The fraction of sp³-hybridized carbons (Fsp3) is 0.923. The number of esters is 1. The Bertz CT molecular complexity index is 202. The van der Waals surface area contributed by atoms with Crippen molar-refractivity contribution in [1.29, 1.82) is 0 Å². The van der Waals surface area contributed by atoms with Crippen LogP contribution in [0.5, 0.6) is 0 Å². The summed E-state index contributed by atoms with van der Waals surface area (Å²) >= 11 is 0. The largest absolute Gasteiger partial charge is 0.465 e. The summed E-state index contributed by atoms with van der Waals surface area (Å²) in [6, 6.07) is 0. The lowest BCUT2D eigenvalue weighted by molar-refractivity contribution is -0.145. The summed E-state index contributed by atoms with van der Waals surface area (Å²) in [6.07, 6.45) is 5.73. The van der Waals surface area contributed by atoms with Crippen molar-refractivity contribution in [3.05, 3.63) is 0 Å². The second-order valence-corrected chi connectivity index (χ2v) is 4.66. The monoisotopic (exact) mass is 242 g/mol. The Morgan fingerprint density at radius 1 is 1.24 bits per heavy atom. The maximum absolute atomic E-state index is 11.6. The second-order valence-electron chi connectivity index (χ2n) is 4.66. The van der Waals surface area contributed by atoms with E-state index in [1.165, 1.54) is 12.8 Å². The summed E-state index contributed by atoms with van der Waals surface area (Å²) in [4.78, 5) is 13.7. The standard InChI is InChI=1S/C13H26N2O2/c1-2-3-4-5-11-17-13(16)12-15-9-6-7-14-8-10-15/h14H,2-12H2,1H3. The van der Waals surface area contributed by atoms with E-state index in [-0.39, 0.29) is 5.97 Å². The fourth-order valence-electron chi connectivity index (χ4n) is 2.00. The second kappa shape index (κ2) is 9.42. The van der Waals surface area contributed by atoms with Gasteiger partial charge < -0.3 is 10.1 Å². The molecule has 0 aromatic rings. The van der Waals surface area contributed by atoms with Crippen LogP contribution in [0.25, 0.3) is 0 Å². The zero-order valence-corrected chi connectivity index (χ0v) is 11.0. The predicted octanol–water partition coefficient (Wildman–Crippen LogP) is 1.41. The van der Waals surface area contributed by atoms with Gasteiger partial charge in [0.1, 0.15) is 0 Å². The molecular weight excluding hydrogens is 216 g/mol. The number of rotatable bonds is 7. The molecular formula is C13H26N2O2. The van der Waals surface area contributed by atoms with Crippen LogP contribution in [0.15, 0.2) is 0 Å². The number of ether oxygens (including phenoxy) is 1. The summed E-state index contributed by atoms with van der Waals surface area (Å²) < 4.78 is 5.23. The zero-order valence-electron chi connectivity index (χ0n) is 11.0. The van der Waals surface area contributed by atoms with E-state index in [4.69, 9.17) is 4.74 Å². The topological polar surface area (TPSA) is 41.6 Å². The van der Waals surface area contributed by atoms with E-state index in [0.29, 0.717) is 13.2 Å². The van der Waals surface area contributed by atoms with Gasteiger partial charge in [-0.05, 0) is 25.9 Å². The molecule has 100 valence electrons. The van der Waals surface area contributed by atoms with Crippen molar-refractivity contribution in [2.45, 2.75) is 39.0 Å². The Morgan fingerprint density at radius 2 is 2.12 bits per heavy atom. The highest BCUT2D eigenvalue weighted by molar-refractivity contribution is 5.71. The van der Waals surface area contributed by atoms with Gasteiger partial charge in [0.25, 0.3) is 0 Å². The molecule has 1 aliphatic heterocycles. The molecule has 1 rings (SSSR count). The molecule has 1 N–H and O–H groups in total. The molecule has 1 fully saturated rings. The van der Waals surface area contributed by atoms with Gasteiger partial charge in [-0.25, -0.2) is 0 Å². The number of hydrogen-bond donors (Lipinski definition) is 1. The molecule has 4 heteroatoms. The molecule has 0 unspecified atom stereocenters. The minimum Gasteiger partial charge on any atom is -0.465 e. The first-order valence-electron chi connectivity index (χ1n) is 6.91. The molecule has 0 bridgehead atoms.